The van der Waals surface area contributed by atoms with Gasteiger partial charge < -0.3 is 9.64 Å². The van der Waals surface area contributed by atoms with Crippen LogP contribution in [0.3, 0.4) is 0 Å². The molecule has 0 N–H and O–H groups in total. The van der Waals surface area contributed by atoms with Gasteiger partial charge in [0.15, 0.2) is 0 Å². The van der Waals surface area contributed by atoms with Gasteiger partial charge in [-0.1, -0.05) is 0 Å². The average Bonchev–Trinajstić information content (AvgIpc) is 2.69. The van der Waals surface area contributed by atoms with Gasteiger partial charge in [-0.15, -0.1) is 11.3 Å². The zero-order valence-electron chi connectivity index (χ0n) is 10.7. The first-order valence-electron chi connectivity index (χ1n) is 6.16. The van der Waals surface area contributed by atoms with Gasteiger partial charge in [-0.05, 0) is 53.2 Å². The van der Waals surface area contributed by atoms with Gasteiger partial charge in [0.1, 0.15) is 0 Å². The lowest BCUT2D eigenvalue weighted by Crippen LogP contribution is -2.40. The smallest absolute Gasteiger partial charge is 0.263 e. The molecule has 1 atom stereocenters. The molecule has 2 heterocycles. The first-order valence-corrected chi connectivity index (χ1v) is 7.77. The van der Waals surface area contributed by atoms with Gasteiger partial charge in [0.2, 0.25) is 0 Å². The molecule has 1 fully saturated rings. The van der Waals surface area contributed by atoms with Crippen molar-refractivity contribution < 1.29 is 9.53 Å². The fraction of sp³-hybridized carbons (Fsp3) is 0.615. The third-order valence-electron chi connectivity index (χ3n) is 3.28. The van der Waals surface area contributed by atoms with E-state index in [2.05, 4.69) is 15.9 Å². The Morgan fingerprint density at radius 2 is 2.44 bits per heavy atom. The minimum absolute atomic E-state index is 0.162. The summed E-state index contributed by atoms with van der Waals surface area (Å²) in [6, 6.07) is 1.97. The number of rotatable bonds is 3. The van der Waals surface area contributed by atoms with Crippen LogP contribution in [0.15, 0.2) is 9.85 Å². The van der Waals surface area contributed by atoms with Crippen molar-refractivity contribution in [2.24, 2.45) is 5.92 Å². The largest absolute Gasteiger partial charge is 0.384 e. The second kappa shape index (κ2) is 6.17. The molecule has 1 aromatic rings. The average molecular weight is 332 g/mol. The molecule has 0 bridgehead atoms. The summed E-state index contributed by atoms with van der Waals surface area (Å²) in [6.45, 7) is 4.45. The molecule has 100 valence electrons. The molecule has 1 unspecified atom stereocenters. The summed E-state index contributed by atoms with van der Waals surface area (Å²) in [5, 5.41) is 0. The molecule has 18 heavy (non-hydrogen) atoms. The number of methoxy groups -OCH3 is 1. The molecule has 1 amide bonds. The van der Waals surface area contributed by atoms with Crippen molar-refractivity contribution in [1.82, 2.24) is 4.90 Å². The summed E-state index contributed by atoms with van der Waals surface area (Å²) < 4.78 is 6.25. The number of carbonyl (C=O) groups is 1. The van der Waals surface area contributed by atoms with Gasteiger partial charge in [-0.25, -0.2) is 0 Å². The number of aryl methyl sites for hydroxylation is 1. The van der Waals surface area contributed by atoms with E-state index in [0.29, 0.717) is 5.92 Å². The van der Waals surface area contributed by atoms with Crippen LogP contribution < -0.4 is 0 Å². The van der Waals surface area contributed by atoms with Crippen molar-refractivity contribution in [1.29, 1.82) is 0 Å². The van der Waals surface area contributed by atoms with Crippen LogP contribution in [-0.2, 0) is 4.74 Å². The molecule has 0 aromatic carbocycles. The third-order valence-corrected chi connectivity index (χ3v) is 5.40. The Hall–Kier alpha value is -0.390. The van der Waals surface area contributed by atoms with Gasteiger partial charge >= 0.3 is 0 Å². The number of nitrogens with zero attached hydrogens (tertiary/aromatic N) is 1. The number of amides is 1. The maximum absolute atomic E-state index is 12.4. The van der Waals surface area contributed by atoms with E-state index in [0.717, 1.165) is 46.8 Å². The van der Waals surface area contributed by atoms with E-state index in [4.69, 9.17) is 4.74 Å². The molecule has 1 saturated heterocycles. The van der Waals surface area contributed by atoms with Crippen molar-refractivity contribution in [2.45, 2.75) is 19.8 Å². The molecular formula is C13H18BrNO2S. The molecule has 3 nitrogen and oxygen atoms in total. The molecule has 0 saturated carbocycles. The zero-order chi connectivity index (χ0) is 13.1. The van der Waals surface area contributed by atoms with E-state index in [1.165, 1.54) is 11.3 Å². The Labute approximate surface area is 120 Å². The second-order valence-electron chi connectivity index (χ2n) is 4.78. The summed E-state index contributed by atoms with van der Waals surface area (Å²) in [5.41, 5.74) is 1.13. The number of piperidine rings is 1. The van der Waals surface area contributed by atoms with Crippen molar-refractivity contribution in [3.8, 4) is 0 Å². The third kappa shape index (κ3) is 3.13. The minimum Gasteiger partial charge on any atom is -0.384 e. The van der Waals surface area contributed by atoms with Crippen molar-refractivity contribution in [2.75, 3.05) is 26.8 Å². The van der Waals surface area contributed by atoms with Crippen LogP contribution in [0.1, 0.15) is 28.1 Å². The Morgan fingerprint density at radius 1 is 1.67 bits per heavy atom. The quantitative estimate of drug-likeness (QED) is 0.850. The predicted molar refractivity (Wildman–Crippen MR) is 77.3 cm³/mol. The molecule has 0 radical (unpaired) electrons. The van der Waals surface area contributed by atoms with E-state index in [1.807, 2.05) is 17.9 Å². The molecule has 1 aromatic heterocycles. The molecule has 2 rings (SSSR count). The monoisotopic (exact) mass is 331 g/mol. The lowest BCUT2D eigenvalue weighted by atomic mass is 9.99. The van der Waals surface area contributed by atoms with Gasteiger partial charge in [0.25, 0.3) is 5.91 Å². The molecule has 5 heteroatoms. The Balaban J connectivity index is 2.04. The number of thiophene rings is 1. The SMILES string of the molecule is COCC1CCCN(C(=O)c2cc(C)c(Br)s2)C1. The lowest BCUT2D eigenvalue weighted by molar-refractivity contribution is 0.0575. The first kappa shape index (κ1) is 14.0. The van der Waals surface area contributed by atoms with Crippen LogP contribution in [0, 0.1) is 12.8 Å². The highest BCUT2D eigenvalue weighted by atomic mass is 79.9. The first-order chi connectivity index (χ1) is 8.61. The van der Waals surface area contributed by atoms with Crippen LogP contribution in [0.4, 0.5) is 0 Å². The highest BCUT2D eigenvalue weighted by molar-refractivity contribution is 9.11. The summed E-state index contributed by atoms with van der Waals surface area (Å²) in [4.78, 5) is 15.2. The van der Waals surface area contributed by atoms with E-state index in [9.17, 15) is 4.79 Å². The van der Waals surface area contributed by atoms with E-state index in [-0.39, 0.29) is 5.91 Å². The summed E-state index contributed by atoms with van der Waals surface area (Å²) >= 11 is 5.00. The standard InChI is InChI=1S/C13H18BrNO2S/c1-9-6-11(18-12(9)14)13(16)15-5-3-4-10(7-15)8-17-2/h6,10H,3-5,7-8H2,1-2H3. The van der Waals surface area contributed by atoms with Crippen molar-refractivity contribution in [3.63, 3.8) is 0 Å². The van der Waals surface area contributed by atoms with Crippen LogP contribution in [0.25, 0.3) is 0 Å². The van der Waals surface area contributed by atoms with Gasteiger partial charge in [-0.2, -0.15) is 0 Å². The van der Waals surface area contributed by atoms with Gasteiger partial charge in [0, 0.05) is 20.2 Å². The summed E-state index contributed by atoms with van der Waals surface area (Å²) in [5.74, 6) is 0.645. The predicted octanol–water partition coefficient (Wildman–Crippen LogP) is 3.32. The molecule has 1 aliphatic heterocycles. The molecule has 1 aliphatic rings. The fourth-order valence-corrected chi connectivity index (χ4v) is 3.85. The summed E-state index contributed by atoms with van der Waals surface area (Å²) in [6.07, 6.45) is 2.23. The Morgan fingerprint density at radius 3 is 3.06 bits per heavy atom. The number of carbonyl (C=O) groups excluding carboxylic acids is 1. The minimum atomic E-state index is 0.162. The normalized spacial score (nSPS) is 20.2. The number of halogens is 1. The topological polar surface area (TPSA) is 29.5 Å². The number of hydrogen-bond acceptors (Lipinski definition) is 3. The van der Waals surface area contributed by atoms with E-state index < -0.39 is 0 Å². The maximum Gasteiger partial charge on any atom is 0.263 e. The number of likely N-dealkylation sites (tertiary alicyclic amines) is 1. The van der Waals surface area contributed by atoms with Crippen LogP contribution in [0.2, 0.25) is 0 Å². The Kier molecular flexibility index (Phi) is 4.81. The fourth-order valence-electron chi connectivity index (χ4n) is 2.34. The van der Waals surface area contributed by atoms with Gasteiger partial charge in [-0.3, -0.25) is 4.79 Å². The highest BCUT2D eigenvalue weighted by Gasteiger charge is 2.25. The van der Waals surface area contributed by atoms with Crippen LogP contribution >= 0.6 is 27.3 Å². The van der Waals surface area contributed by atoms with Gasteiger partial charge in [0.05, 0.1) is 15.3 Å². The van der Waals surface area contributed by atoms with Crippen LogP contribution in [-0.4, -0.2) is 37.6 Å². The maximum atomic E-state index is 12.4. The van der Waals surface area contributed by atoms with Crippen molar-refractivity contribution in [3.05, 3.63) is 20.3 Å². The highest BCUT2D eigenvalue weighted by Crippen LogP contribution is 2.29. The Bertz CT molecular complexity index is 411. The van der Waals surface area contributed by atoms with E-state index in [1.54, 1.807) is 7.11 Å². The van der Waals surface area contributed by atoms with E-state index >= 15 is 0 Å². The second-order valence-corrected chi connectivity index (χ2v) is 7.15. The molecule has 0 aliphatic carbocycles. The van der Waals surface area contributed by atoms with Crippen LogP contribution in [0.5, 0.6) is 0 Å². The lowest BCUT2D eigenvalue weighted by Gasteiger charge is -2.32. The number of hydrogen-bond donors (Lipinski definition) is 0. The van der Waals surface area contributed by atoms with Crippen molar-refractivity contribution >= 4 is 33.2 Å². The zero-order valence-corrected chi connectivity index (χ0v) is 13.1. The molecule has 0 spiro atoms. The number of ether oxygens (including phenoxy) is 1. The molecular weight excluding hydrogens is 314 g/mol. The summed E-state index contributed by atoms with van der Waals surface area (Å²) in [7, 11) is 1.72.